The maximum atomic E-state index is 9.59. The van der Waals surface area contributed by atoms with Gasteiger partial charge in [-0.3, -0.25) is 0 Å². The van der Waals surface area contributed by atoms with Crippen LogP contribution in [0.3, 0.4) is 0 Å². The van der Waals surface area contributed by atoms with Crippen molar-refractivity contribution in [2.45, 2.75) is 6.42 Å². The fourth-order valence-electron chi connectivity index (χ4n) is 0.204. The van der Waals surface area contributed by atoms with Gasteiger partial charge < -0.3 is 5.73 Å². The average molecular weight is 118 g/mol. The van der Waals surface area contributed by atoms with Gasteiger partial charge in [0.2, 0.25) is 0 Å². The molecule has 0 aromatic heterocycles. The van der Waals surface area contributed by atoms with Crippen LogP contribution in [0.5, 0.6) is 0 Å². The molecule has 0 spiro atoms. The lowest BCUT2D eigenvalue weighted by atomic mass is 10.3. The lowest BCUT2D eigenvalue weighted by molar-refractivity contribution is 0.701. The fraction of sp³-hybridized carbons (Fsp3) is 0.500. The molecule has 0 amide bonds. The zero-order valence-corrected chi connectivity index (χ0v) is 4.78. The zero-order chi connectivity index (χ0) is 5.54. The van der Waals surface area contributed by atoms with Crippen LogP contribution < -0.4 is 5.73 Å². The summed E-state index contributed by atoms with van der Waals surface area (Å²) in [6, 6.07) is 0. The van der Waals surface area contributed by atoms with Crippen LogP contribution in [0.2, 0.25) is 0 Å². The van der Waals surface area contributed by atoms with Gasteiger partial charge in [0, 0.05) is 5.37 Å². The highest BCUT2D eigenvalue weighted by Gasteiger charge is 1.74. The van der Waals surface area contributed by atoms with Gasteiger partial charge in [-0.05, 0) is 19.4 Å². The van der Waals surface area contributed by atoms with E-state index in [9.17, 15) is 4.21 Å². The molecule has 0 aromatic rings. The van der Waals surface area contributed by atoms with Crippen molar-refractivity contribution in [1.82, 2.24) is 0 Å². The van der Waals surface area contributed by atoms with E-state index in [1.54, 1.807) is 6.42 Å². The topological polar surface area (TPSA) is 43.1 Å². The first-order valence-electron chi connectivity index (χ1n) is 2.05. The molecule has 2 N–H and O–H groups in total. The molecule has 0 aliphatic heterocycles. The Morgan fingerprint density at radius 3 is 2.86 bits per heavy atom. The van der Waals surface area contributed by atoms with E-state index in [4.69, 9.17) is 5.73 Å². The van der Waals surface area contributed by atoms with Crippen LogP contribution in [0.25, 0.3) is 0 Å². The van der Waals surface area contributed by atoms with E-state index in [1.165, 1.54) is 5.37 Å². The Kier molecular flexibility index (Phi) is 5.72. The lowest BCUT2D eigenvalue weighted by Crippen LogP contribution is -1.98. The van der Waals surface area contributed by atoms with Crippen LogP contribution in [0.1, 0.15) is 6.42 Å². The first-order valence-corrected chi connectivity index (χ1v) is 2.86. The summed E-state index contributed by atoms with van der Waals surface area (Å²) in [6.07, 6.45) is 2.56. The minimum absolute atomic E-state index is 0.455. The van der Waals surface area contributed by atoms with Gasteiger partial charge in [0.15, 0.2) is 0 Å². The van der Waals surface area contributed by atoms with E-state index >= 15 is 0 Å². The molecule has 7 heavy (non-hydrogen) atoms. The maximum Gasteiger partial charge on any atom is 0.0844 e. The molecule has 3 heteroatoms. The molecule has 0 aliphatic carbocycles. The standard InChI is InChI=1S/C4H8NOS/c5-3-1-2-4-7-6/h2,4H,1,3,5H2. The summed E-state index contributed by atoms with van der Waals surface area (Å²) in [5.41, 5.74) is 5.11. The van der Waals surface area contributed by atoms with E-state index in [0.717, 1.165) is 6.42 Å². The van der Waals surface area contributed by atoms with Crippen LogP contribution >= 0.6 is 0 Å². The minimum atomic E-state index is 0.455. The molecule has 2 nitrogen and oxygen atoms in total. The molecule has 0 atom stereocenters. The summed E-state index contributed by atoms with van der Waals surface area (Å²) < 4.78 is 9.59. The van der Waals surface area contributed by atoms with Crippen molar-refractivity contribution in [3.8, 4) is 0 Å². The summed E-state index contributed by atoms with van der Waals surface area (Å²) in [4.78, 5) is 0. The van der Waals surface area contributed by atoms with Crippen LogP contribution in [-0.4, -0.2) is 16.1 Å². The number of nitrogens with two attached hydrogens (primary N) is 1. The number of rotatable bonds is 3. The molecule has 0 aromatic carbocycles. The van der Waals surface area contributed by atoms with E-state index in [2.05, 4.69) is 0 Å². The van der Waals surface area contributed by atoms with Crippen molar-refractivity contribution in [2.75, 3.05) is 6.54 Å². The molecular weight excluding hydrogens is 110 g/mol. The van der Waals surface area contributed by atoms with Crippen molar-refractivity contribution >= 4 is 16.6 Å². The van der Waals surface area contributed by atoms with Crippen LogP contribution in [-0.2, 0) is 11.3 Å². The zero-order valence-electron chi connectivity index (χ0n) is 3.96. The molecule has 0 fully saturated rings. The van der Waals surface area contributed by atoms with E-state index in [-0.39, 0.29) is 0 Å². The molecule has 0 aliphatic rings. The average Bonchev–Trinajstić information content (AvgIpc) is 1.69. The fourth-order valence-corrected chi connectivity index (χ4v) is 0.418. The van der Waals surface area contributed by atoms with Crippen LogP contribution in [0.4, 0.5) is 0 Å². The highest BCUT2D eigenvalue weighted by atomic mass is 32.1. The van der Waals surface area contributed by atoms with E-state index < -0.39 is 0 Å². The van der Waals surface area contributed by atoms with Gasteiger partial charge in [-0.1, -0.05) is 0 Å². The molecule has 0 saturated heterocycles. The number of hydrogen-bond donors (Lipinski definition) is 1. The third kappa shape index (κ3) is 5.85. The van der Waals surface area contributed by atoms with E-state index in [1.807, 2.05) is 0 Å². The summed E-state index contributed by atoms with van der Waals surface area (Å²) in [6.45, 7) is 0.622. The summed E-state index contributed by atoms with van der Waals surface area (Å²) >= 11 is 0.455. The number of unbranched alkanes of at least 4 members (excludes halogenated alkanes) is 1. The monoisotopic (exact) mass is 118 g/mol. The van der Waals surface area contributed by atoms with E-state index in [0.29, 0.717) is 17.8 Å². The normalized spacial score (nSPS) is 8.14. The van der Waals surface area contributed by atoms with Crippen molar-refractivity contribution in [2.24, 2.45) is 5.73 Å². The minimum Gasteiger partial charge on any atom is -0.330 e. The second-order valence-corrected chi connectivity index (χ2v) is 1.51. The second-order valence-electron chi connectivity index (χ2n) is 1.05. The first-order chi connectivity index (χ1) is 3.41. The Hall–Kier alpha value is -0.150. The van der Waals surface area contributed by atoms with Gasteiger partial charge in [-0.2, -0.15) is 0 Å². The van der Waals surface area contributed by atoms with Gasteiger partial charge in [0.05, 0.1) is 11.3 Å². The Morgan fingerprint density at radius 2 is 2.43 bits per heavy atom. The molecule has 0 unspecified atom stereocenters. The molecule has 0 rings (SSSR count). The Bertz CT molecular complexity index is 77.8. The van der Waals surface area contributed by atoms with Gasteiger partial charge in [0.1, 0.15) is 0 Å². The predicted octanol–water partition coefficient (Wildman–Crippen LogP) is -0.445. The van der Waals surface area contributed by atoms with Gasteiger partial charge >= 0.3 is 0 Å². The van der Waals surface area contributed by atoms with Crippen LogP contribution in [0.15, 0.2) is 0 Å². The van der Waals surface area contributed by atoms with Crippen molar-refractivity contribution in [3.05, 3.63) is 6.42 Å². The smallest absolute Gasteiger partial charge is 0.0844 e. The molecule has 1 radical (unpaired) electrons. The van der Waals surface area contributed by atoms with Gasteiger partial charge in [-0.15, -0.1) is 0 Å². The maximum absolute atomic E-state index is 9.59. The molecule has 41 valence electrons. The summed E-state index contributed by atoms with van der Waals surface area (Å²) in [5, 5.41) is 1.49. The first kappa shape index (κ1) is 6.85. The predicted molar refractivity (Wildman–Crippen MR) is 32.2 cm³/mol. The number of hydrogen-bond acceptors (Lipinski definition) is 2. The SMILES string of the molecule is NCC[CH]C=S=O. The second kappa shape index (κ2) is 5.85. The van der Waals surface area contributed by atoms with Crippen molar-refractivity contribution < 1.29 is 4.21 Å². The highest BCUT2D eigenvalue weighted by Crippen LogP contribution is 1.73. The lowest BCUT2D eigenvalue weighted by Gasteiger charge is -1.80. The van der Waals surface area contributed by atoms with Crippen molar-refractivity contribution in [3.63, 3.8) is 0 Å². The highest BCUT2D eigenvalue weighted by molar-refractivity contribution is 7.65. The Balaban J connectivity index is 2.83. The molecule has 0 heterocycles. The summed E-state index contributed by atoms with van der Waals surface area (Å²) in [5.74, 6) is 0. The molecular formula is C4H8NOS. The Labute approximate surface area is 46.8 Å². The van der Waals surface area contributed by atoms with Gasteiger partial charge in [-0.25, -0.2) is 4.21 Å². The van der Waals surface area contributed by atoms with Gasteiger partial charge in [0.25, 0.3) is 0 Å². The van der Waals surface area contributed by atoms with Crippen LogP contribution in [0, 0.1) is 6.42 Å². The third-order valence-electron chi connectivity index (χ3n) is 0.485. The molecule has 0 bridgehead atoms. The summed E-state index contributed by atoms with van der Waals surface area (Å²) in [7, 11) is 0. The third-order valence-corrected chi connectivity index (χ3v) is 0.789. The Morgan fingerprint density at radius 1 is 1.71 bits per heavy atom. The van der Waals surface area contributed by atoms with Crippen molar-refractivity contribution in [1.29, 1.82) is 0 Å². The largest absolute Gasteiger partial charge is 0.330 e. The molecule has 0 saturated carbocycles. The quantitative estimate of drug-likeness (QED) is 0.403.